The molecule has 1 aromatic carbocycles. The van der Waals surface area contributed by atoms with Crippen LogP contribution >= 0.6 is 11.6 Å². The van der Waals surface area contributed by atoms with Crippen molar-refractivity contribution in [3.05, 3.63) is 34.9 Å². The van der Waals surface area contributed by atoms with Crippen molar-refractivity contribution in [1.82, 2.24) is 10.2 Å². The van der Waals surface area contributed by atoms with E-state index in [2.05, 4.69) is 30.3 Å². The SMILES string of the molecule is CNC1COCC1CN(C)C(C)c1cccc(Cl)c1. The minimum absolute atomic E-state index is 0.358. The summed E-state index contributed by atoms with van der Waals surface area (Å²) in [6.45, 7) is 4.91. The first kappa shape index (κ1) is 14.8. The highest BCUT2D eigenvalue weighted by molar-refractivity contribution is 6.30. The van der Waals surface area contributed by atoms with E-state index in [4.69, 9.17) is 16.3 Å². The summed E-state index contributed by atoms with van der Waals surface area (Å²) in [5.74, 6) is 0.552. The van der Waals surface area contributed by atoms with E-state index in [1.807, 2.05) is 25.2 Å². The number of rotatable bonds is 5. The standard InChI is InChI=1S/C15H23ClN2O/c1-11(12-5-4-6-14(16)7-12)18(3)8-13-9-19-10-15(13)17-2/h4-7,11,13,15,17H,8-10H2,1-3H3. The highest BCUT2D eigenvalue weighted by Gasteiger charge is 2.28. The summed E-state index contributed by atoms with van der Waals surface area (Å²) in [4.78, 5) is 2.37. The van der Waals surface area contributed by atoms with E-state index in [-0.39, 0.29) is 0 Å². The Morgan fingerprint density at radius 3 is 2.95 bits per heavy atom. The molecule has 106 valence electrons. The fourth-order valence-corrected chi connectivity index (χ4v) is 2.85. The van der Waals surface area contributed by atoms with Gasteiger partial charge in [-0.05, 0) is 38.7 Å². The number of nitrogens with zero attached hydrogens (tertiary/aromatic N) is 1. The monoisotopic (exact) mass is 282 g/mol. The quantitative estimate of drug-likeness (QED) is 0.898. The zero-order valence-corrected chi connectivity index (χ0v) is 12.7. The highest BCUT2D eigenvalue weighted by Crippen LogP contribution is 2.24. The molecule has 4 heteroatoms. The third-order valence-electron chi connectivity index (χ3n) is 4.08. The molecule has 0 saturated carbocycles. The maximum Gasteiger partial charge on any atom is 0.0623 e. The minimum Gasteiger partial charge on any atom is -0.379 e. The first-order valence-corrected chi connectivity index (χ1v) is 7.20. The molecule has 0 aliphatic carbocycles. The summed E-state index contributed by atoms with van der Waals surface area (Å²) in [6, 6.07) is 8.93. The summed E-state index contributed by atoms with van der Waals surface area (Å²) in [7, 11) is 4.17. The van der Waals surface area contributed by atoms with Gasteiger partial charge in [-0.15, -0.1) is 0 Å². The van der Waals surface area contributed by atoms with Gasteiger partial charge in [0.25, 0.3) is 0 Å². The van der Waals surface area contributed by atoms with Crippen LogP contribution in [0.25, 0.3) is 0 Å². The van der Waals surface area contributed by atoms with Gasteiger partial charge >= 0.3 is 0 Å². The molecule has 3 atom stereocenters. The van der Waals surface area contributed by atoms with Crippen LogP contribution in [0.4, 0.5) is 0 Å². The van der Waals surface area contributed by atoms with Gasteiger partial charge in [-0.3, -0.25) is 4.90 Å². The van der Waals surface area contributed by atoms with Crippen molar-refractivity contribution >= 4 is 11.6 Å². The van der Waals surface area contributed by atoms with Crippen LogP contribution in [-0.2, 0) is 4.74 Å². The smallest absolute Gasteiger partial charge is 0.0623 e. The van der Waals surface area contributed by atoms with Crippen LogP contribution < -0.4 is 5.32 Å². The lowest BCUT2D eigenvalue weighted by Crippen LogP contribution is -2.39. The molecule has 1 saturated heterocycles. The van der Waals surface area contributed by atoms with Crippen LogP contribution in [-0.4, -0.2) is 44.8 Å². The minimum atomic E-state index is 0.358. The van der Waals surface area contributed by atoms with E-state index in [1.54, 1.807) is 0 Å². The van der Waals surface area contributed by atoms with Gasteiger partial charge in [-0.25, -0.2) is 0 Å². The Bertz CT molecular complexity index is 413. The fraction of sp³-hybridized carbons (Fsp3) is 0.600. The lowest BCUT2D eigenvalue weighted by molar-refractivity contribution is 0.164. The topological polar surface area (TPSA) is 24.5 Å². The Labute approximate surface area is 120 Å². The van der Waals surface area contributed by atoms with Crippen LogP contribution in [0.2, 0.25) is 5.02 Å². The molecule has 3 unspecified atom stereocenters. The Hall–Kier alpha value is -0.610. The Balaban J connectivity index is 1.97. The van der Waals surface area contributed by atoms with E-state index in [0.717, 1.165) is 24.8 Å². The summed E-state index contributed by atoms with van der Waals surface area (Å²) in [5, 5.41) is 4.14. The van der Waals surface area contributed by atoms with Crippen molar-refractivity contribution in [3.63, 3.8) is 0 Å². The number of ether oxygens (including phenoxy) is 1. The van der Waals surface area contributed by atoms with Crippen LogP contribution in [0.3, 0.4) is 0 Å². The Kier molecular flexibility index (Phi) is 5.22. The zero-order valence-electron chi connectivity index (χ0n) is 11.9. The molecule has 0 aromatic heterocycles. The van der Waals surface area contributed by atoms with Crippen molar-refractivity contribution in [2.75, 3.05) is 33.9 Å². The molecule has 1 N–H and O–H groups in total. The number of hydrogen-bond acceptors (Lipinski definition) is 3. The lowest BCUT2D eigenvalue weighted by atomic mass is 10.0. The van der Waals surface area contributed by atoms with Crippen molar-refractivity contribution in [1.29, 1.82) is 0 Å². The van der Waals surface area contributed by atoms with Crippen LogP contribution in [0.5, 0.6) is 0 Å². The van der Waals surface area contributed by atoms with Gasteiger partial charge in [0.1, 0.15) is 0 Å². The number of nitrogens with one attached hydrogen (secondary N) is 1. The van der Waals surface area contributed by atoms with Crippen LogP contribution in [0.15, 0.2) is 24.3 Å². The Morgan fingerprint density at radius 2 is 2.26 bits per heavy atom. The summed E-state index contributed by atoms with van der Waals surface area (Å²) in [6.07, 6.45) is 0. The van der Waals surface area contributed by atoms with E-state index >= 15 is 0 Å². The maximum absolute atomic E-state index is 6.06. The molecule has 1 aliphatic rings. The third-order valence-corrected chi connectivity index (χ3v) is 4.32. The van der Waals surface area contributed by atoms with Crippen molar-refractivity contribution < 1.29 is 4.74 Å². The second kappa shape index (κ2) is 6.71. The third kappa shape index (κ3) is 3.69. The van der Waals surface area contributed by atoms with Crippen molar-refractivity contribution in [2.24, 2.45) is 5.92 Å². The molecular formula is C15H23ClN2O. The van der Waals surface area contributed by atoms with Crippen molar-refractivity contribution in [2.45, 2.75) is 19.0 Å². The van der Waals surface area contributed by atoms with Gasteiger partial charge in [-0.1, -0.05) is 23.7 Å². The molecule has 0 spiro atoms. The van der Waals surface area contributed by atoms with E-state index in [9.17, 15) is 0 Å². The molecule has 1 heterocycles. The van der Waals surface area contributed by atoms with Gasteiger partial charge < -0.3 is 10.1 Å². The fourth-order valence-electron chi connectivity index (χ4n) is 2.65. The van der Waals surface area contributed by atoms with Crippen LogP contribution in [0.1, 0.15) is 18.5 Å². The lowest BCUT2D eigenvalue weighted by Gasteiger charge is -2.29. The number of halogens is 1. The second-order valence-electron chi connectivity index (χ2n) is 5.36. The average Bonchev–Trinajstić information content (AvgIpc) is 2.85. The molecule has 1 aromatic rings. The van der Waals surface area contributed by atoms with E-state index in [0.29, 0.717) is 18.0 Å². The number of hydrogen-bond donors (Lipinski definition) is 1. The second-order valence-corrected chi connectivity index (χ2v) is 5.80. The molecule has 1 aliphatic heterocycles. The zero-order chi connectivity index (χ0) is 13.8. The van der Waals surface area contributed by atoms with Crippen LogP contribution in [0, 0.1) is 5.92 Å². The van der Waals surface area contributed by atoms with Gasteiger partial charge in [-0.2, -0.15) is 0 Å². The number of likely N-dealkylation sites (N-methyl/N-ethyl adjacent to an activating group) is 1. The molecule has 1 fully saturated rings. The predicted octanol–water partition coefficient (Wildman–Crippen LogP) is 2.57. The highest BCUT2D eigenvalue weighted by atomic mass is 35.5. The van der Waals surface area contributed by atoms with E-state index in [1.165, 1.54) is 5.56 Å². The first-order chi connectivity index (χ1) is 9.11. The van der Waals surface area contributed by atoms with E-state index < -0.39 is 0 Å². The first-order valence-electron chi connectivity index (χ1n) is 6.82. The average molecular weight is 283 g/mol. The van der Waals surface area contributed by atoms with Gasteiger partial charge in [0.2, 0.25) is 0 Å². The summed E-state index contributed by atoms with van der Waals surface area (Å²) < 4.78 is 5.56. The molecule has 0 amide bonds. The predicted molar refractivity (Wildman–Crippen MR) is 79.7 cm³/mol. The molecule has 2 rings (SSSR count). The largest absolute Gasteiger partial charge is 0.379 e. The summed E-state index contributed by atoms with van der Waals surface area (Å²) >= 11 is 6.06. The number of benzene rings is 1. The molecule has 0 radical (unpaired) electrons. The maximum atomic E-state index is 6.06. The Morgan fingerprint density at radius 1 is 1.47 bits per heavy atom. The summed E-state index contributed by atoms with van der Waals surface area (Å²) in [5.41, 5.74) is 1.26. The van der Waals surface area contributed by atoms with Gasteiger partial charge in [0.15, 0.2) is 0 Å². The normalized spacial score (nSPS) is 24.9. The molecular weight excluding hydrogens is 260 g/mol. The molecule has 0 bridgehead atoms. The van der Waals surface area contributed by atoms with Gasteiger partial charge in [0.05, 0.1) is 13.2 Å². The molecule has 19 heavy (non-hydrogen) atoms. The van der Waals surface area contributed by atoms with Gasteiger partial charge in [0, 0.05) is 29.6 Å². The van der Waals surface area contributed by atoms with Crippen molar-refractivity contribution in [3.8, 4) is 0 Å². The molecule has 3 nitrogen and oxygen atoms in total.